The van der Waals surface area contributed by atoms with Crippen LogP contribution in [-0.2, 0) is 10.3 Å². The van der Waals surface area contributed by atoms with Gasteiger partial charge in [0.25, 0.3) is 0 Å². The van der Waals surface area contributed by atoms with Crippen LogP contribution in [-0.4, -0.2) is 88.8 Å². The number of fused-ring (bicyclic) bond motifs is 1. The summed E-state index contributed by atoms with van der Waals surface area (Å²) >= 11 is 0. The van der Waals surface area contributed by atoms with Gasteiger partial charge in [0, 0.05) is 5.56 Å². The molecule has 1 saturated heterocycles. The quantitative estimate of drug-likeness (QED) is 0.279. The largest absolute Gasteiger partial charge is 0.493 e. The van der Waals surface area contributed by atoms with Crippen LogP contribution in [0, 0.1) is 0 Å². The standard InChI is InChI=1S/C26H32O11/c1-33-17-7-12(3-4-16(17)35-25-22(31)21(30)20(29)19(11-28)36-25)23-15(10-27)14-8-13(26(32)5-6-26)9-18(34-2)24(14)37-23/h3-4,7-9,15,19-23,25,27-32H,5-6,10-11H2,1-2H3. The second-order valence-electron chi connectivity index (χ2n) is 9.68. The Morgan fingerprint density at radius 3 is 2.24 bits per heavy atom. The maximum atomic E-state index is 10.6. The summed E-state index contributed by atoms with van der Waals surface area (Å²) in [6.07, 6.45) is -6.40. The molecule has 0 radical (unpaired) electrons. The molecule has 2 aliphatic heterocycles. The molecule has 3 aliphatic rings. The van der Waals surface area contributed by atoms with Crippen molar-refractivity contribution in [3.8, 4) is 23.0 Å². The number of hydrogen-bond acceptors (Lipinski definition) is 11. The lowest BCUT2D eigenvalue weighted by atomic mass is 9.89. The van der Waals surface area contributed by atoms with Crippen LogP contribution in [0.2, 0.25) is 0 Å². The van der Waals surface area contributed by atoms with E-state index in [1.54, 1.807) is 24.3 Å². The molecule has 6 N–H and O–H groups in total. The predicted octanol–water partition coefficient (Wildman–Crippen LogP) is 0.0735. The Labute approximate surface area is 213 Å². The van der Waals surface area contributed by atoms with E-state index in [-0.39, 0.29) is 18.1 Å². The zero-order valence-electron chi connectivity index (χ0n) is 20.5. The molecule has 7 atom stereocenters. The van der Waals surface area contributed by atoms with Gasteiger partial charge in [-0.2, -0.15) is 0 Å². The minimum absolute atomic E-state index is 0.183. The maximum absolute atomic E-state index is 10.6. The van der Waals surface area contributed by atoms with Gasteiger partial charge >= 0.3 is 0 Å². The van der Waals surface area contributed by atoms with Crippen LogP contribution < -0.4 is 18.9 Å². The number of methoxy groups -OCH3 is 2. The van der Waals surface area contributed by atoms with Crippen molar-refractivity contribution in [1.29, 1.82) is 0 Å². The number of ether oxygens (including phenoxy) is 5. The molecule has 2 aromatic rings. The molecule has 7 unspecified atom stereocenters. The van der Waals surface area contributed by atoms with Crippen molar-refractivity contribution in [2.24, 2.45) is 0 Å². The average molecular weight is 521 g/mol. The molecule has 1 saturated carbocycles. The lowest BCUT2D eigenvalue weighted by Crippen LogP contribution is -2.60. The number of aliphatic hydroxyl groups is 6. The first-order chi connectivity index (χ1) is 17.7. The minimum atomic E-state index is -1.58. The molecular weight excluding hydrogens is 488 g/mol. The van der Waals surface area contributed by atoms with Crippen LogP contribution in [0.15, 0.2) is 30.3 Å². The summed E-state index contributed by atoms with van der Waals surface area (Å²) in [6, 6.07) is 8.58. The van der Waals surface area contributed by atoms with E-state index in [0.717, 1.165) is 11.1 Å². The highest BCUT2D eigenvalue weighted by Crippen LogP contribution is 2.55. The van der Waals surface area contributed by atoms with Crippen LogP contribution in [0.5, 0.6) is 23.0 Å². The van der Waals surface area contributed by atoms with Gasteiger partial charge in [-0.3, -0.25) is 0 Å². The monoisotopic (exact) mass is 520 g/mol. The van der Waals surface area contributed by atoms with Gasteiger partial charge in [0.15, 0.2) is 23.0 Å². The second-order valence-corrected chi connectivity index (χ2v) is 9.68. The van der Waals surface area contributed by atoms with Crippen LogP contribution in [0.3, 0.4) is 0 Å². The van der Waals surface area contributed by atoms with Crippen LogP contribution >= 0.6 is 0 Å². The molecule has 37 heavy (non-hydrogen) atoms. The predicted molar refractivity (Wildman–Crippen MR) is 127 cm³/mol. The zero-order valence-corrected chi connectivity index (χ0v) is 20.5. The Morgan fingerprint density at radius 2 is 1.62 bits per heavy atom. The van der Waals surface area contributed by atoms with Gasteiger partial charge in [0.05, 0.1) is 39.0 Å². The van der Waals surface area contributed by atoms with Crippen molar-refractivity contribution in [1.82, 2.24) is 0 Å². The molecule has 2 fully saturated rings. The zero-order chi connectivity index (χ0) is 26.5. The van der Waals surface area contributed by atoms with Gasteiger partial charge in [0.1, 0.15) is 30.5 Å². The van der Waals surface area contributed by atoms with Crippen LogP contribution in [0.25, 0.3) is 0 Å². The molecule has 0 spiro atoms. The summed E-state index contributed by atoms with van der Waals surface area (Å²) in [5.74, 6) is 0.990. The highest BCUT2D eigenvalue weighted by Gasteiger charge is 2.46. The fourth-order valence-electron chi connectivity index (χ4n) is 4.97. The van der Waals surface area contributed by atoms with Crippen molar-refractivity contribution in [3.63, 3.8) is 0 Å². The fourth-order valence-corrected chi connectivity index (χ4v) is 4.97. The molecular formula is C26H32O11. The minimum Gasteiger partial charge on any atom is -0.493 e. The number of hydrogen-bond donors (Lipinski definition) is 6. The Hall–Kier alpha value is -2.64. The van der Waals surface area contributed by atoms with E-state index < -0.39 is 54.9 Å². The van der Waals surface area contributed by atoms with Crippen LogP contribution in [0.1, 0.15) is 41.6 Å². The van der Waals surface area contributed by atoms with E-state index in [4.69, 9.17) is 23.7 Å². The molecule has 202 valence electrons. The second kappa shape index (κ2) is 9.91. The molecule has 11 heteroatoms. The first-order valence-corrected chi connectivity index (χ1v) is 12.1. The first kappa shape index (κ1) is 26.0. The third kappa shape index (κ3) is 4.50. The van der Waals surface area contributed by atoms with E-state index in [1.807, 2.05) is 6.07 Å². The van der Waals surface area contributed by atoms with E-state index >= 15 is 0 Å². The molecule has 5 rings (SSSR count). The third-order valence-electron chi connectivity index (χ3n) is 7.38. The van der Waals surface area contributed by atoms with E-state index in [0.29, 0.717) is 29.9 Å². The molecule has 0 aromatic heterocycles. The van der Waals surface area contributed by atoms with Gasteiger partial charge in [0.2, 0.25) is 6.29 Å². The molecule has 0 bridgehead atoms. The van der Waals surface area contributed by atoms with Gasteiger partial charge < -0.3 is 54.3 Å². The highest BCUT2D eigenvalue weighted by atomic mass is 16.7. The summed E-state index contributed by atoms with van der Waals surface area (Å²) in [7, 11) is 2.95. The maximum Gasteiger partial charge on any atom is 0.229 e. The lowest BCUT2D eigenvalue weighted by Gasteiger charge is -2.39. The van der Waals surface area contributed by atoms with E-state index in [1.165, 1.54) is 14.2 Å². The number of aliphatic hydroxyl groups excluding tert-OH is 5. The SMILES string of the molecule is COc1cc(C2Oc3c(OC)cc(C4(O)CC4)cc3C2CO)ccc1OC1OC(CO)C(O)C(O)C1O. The van der Waals surface area contributed by atoms with Gasteiger partial charge in [-0.05, 0) is 48.2 Å². The van der Waals surface area contributed by atoms with Gasteiger partial charge in [-0.15, -0.1) is 0 Å². The third-order valence-corrected chi connectivity index (χ3v) is 7.38. The van der Waals surface area contributed by atoms with Crippen molar-refractivity contribution in [2.45, 2.75) is 61.2 Å². The summed E-state index contributed by atoms with van der Waals surface area (Å²) in [6.45, 7) is -0.792. The molecule has 2 heterocycles. The van der Waals surface area contributed by atoms with Crippen molar-refractivity contribution >= 4 is 0 Å². The molecule has 1 aliphatic carbocycles. The average Bonchev–Trinajstić information content (AvgIpc) is 3.55. The van der Waals surface area contributed by atoms with Crippen molar-refractivity contribution in [3.05, 3.63) is 47.0 Å². The summed E-state index contributed by atoms with van der Waals surface area (Å²) in [4.78, 5) is 0. The lowest BCUT2D eigenvalue weighted by molar-refractivity contribution is -0.277. The summed E-state index contributed by atoms with van der Waals surface area (Å²) in [5.41, 5.74) is 1.25. The number of rotatable bonds is 8. The summed E-state index contributed by atoms with van der Waals surface area (Å²) in [5, 5.41) is 60.7. The Bertz CT molecular complexity index is 1130. The Balaban J connectivity index is 1.42. The summed E-state index contributed by atoms with van der Waals surface area (Å²) < 4.78 is 28.5. The topological polar surface area (TPSA) is 168 Å². The molecule has 2 aromatic carbocycles. The normalized spacial score (nSPS) is 31.8. The van der Waals surface area contributed by atoms with Crippen molar-refractivity contribution < 1.29 is 54.3 Å². The van der Waals surface area contributed by atoms with E-state index in [9.17, 15) is 30.6 Å². The van der Waals surface area contributed by atoms with Gasteiger partial charge in [-0.1, -0.05) is 6.07 Å². The van der Waals surface area contributed by atoms with Crippen LogP contribution in [0.4, 0.5) is 0 Å². The van der Waals surface area contributed by atoms with Gasteiger partial charge in [-0.25, -0.2) is 0 Å². The molecule has 11 nitrogen and oxygen atoms in total. The smallest absolute Gasteiger partial charge is 0.229 e. The Morgan fingerprint density at radius 1 is 0.892 bits per heavy atom. The Kier molecular flexibility index (Phi) is 6.96. The fraction of sp³-hybridized carbons (Fsp3) is 0.538. The highest BCUT2D eigenvalue weighted by molar-refractivity contribution is 5.57. The molecule has 0 amide bonds. The van der Waals surface area contributed by atoms with E-state index in [2.05, 4.69) is 0 Å². The van der Waals surface area contributed by atoms with Crippen molar-refractivity contribution in [2.75, 3.05) is 27.4 Å². The number of benzene rings is 2. The first-order valence-electron chi connectivity index (χ1n) is 12.1.